The van der Waals surface area contributed by atoms with Gasteiger partial charge in [0.2, 0.25) is 0 Å². The second-order valence-electron chi connectivity index (χ2n) is 5.48. The summed E-state index contributed by atoms with van der Waals surface area (Å²) in [7, 11) is 0. The van der Waals surface area contributed by atoms with Crippen molar-refractivity contribution in [2.45, 2.75) is 41.0 Å². The van der Waals surface area contributed by atoms with Crippen LogP contribution in [-0.4, -0.2) is 0 Å². The standard InChI is InChI=1S/C17H17F3.C2H6/c1-10(2)6-12-4-5-14(17(20)7-12)13-8-15(18)11(3)16(19)9-13;1-2/h4-5,7-10H,6H2,1-3H3;1-2H3. The van der Waals surface area contributed by atoms with Gasteiger partial charge in [0.25, 0.3) is 0 Å². The third kappa shape index (κ3) is 4.36. The number of benzene rings is 2. The molecule has 0 amide bonds. The molecule has 0 aliphatic rings. The van der Waals surface area contributed by atoms with Crippen molar-refractivity contribution in [1.82, 2.24) is 0 Å². The molecular formula is C19H23F3. The van der Waals surface area contributed by atoms with Crippen LogP contribution in [0.1, 0.15) is 38.8 Å². The number of hydrogen-bond acceptors (Lipinski definition) is 0. The molecule has 0 aliphatic heterocycles. The Balaban J connectivity index is 0.00000116. The lowest BCUT2D eigenvalue weighted by atomic mass is 9.98. The predicted molar refractivity (Wildman–Crippen MR) is 86.4 cm³/mol. The van der Waals surface area contributed by atoms with Crippen LogP contribution in [0, 0.1) is 30.3 Å². The average molecular weight is 308 g/mol. The van der Waals surface area contributed by atoms with Crippen LogP contribution < -0.4 is 0 Å². The molecule has 120 valence electrons. The third-order valence-electron chi connectivity index (χ3n) is 3.27. The van der Waals surface area contributed by atoms with Gasteiger partial charge in [-0.3, -0.25) is 0 Å². The van der Waals surface area contributed by atoms with Gasteiger partial charge in [-0.1, -0.05) is 39.8 Å². The first-order valence-corrected chi connectivity index (χ1v) is 7.63. The van der Waals surface area contributed by atoms with E-state index in [2.05, 4.69) is 13.8 Å². The predicted octanol–water partition coefficient (Wildman–Crippen LogP) is 6.30. The van der Waals surface area contributed by atoms with E-state index in [4.69, 9.17) is 0 Å². The summed E-state index contributed by atoms with van der Waals surface area (Å²) in [5.74, 6) is -1.35. The molecule has 0 radical (unpaired) electrons. The van der Waals surface area contributed by atoms with E-state index in [1.165, 1.54) is 25.1 Å². The summed E-state index contributed by atoms with van der Waals surface area (Å²) >= 11 is 0. The van der Waals surface area contributed by atoms with Gasteiger partial charge in [0, 0.05) is 11.1 Å². The molecule has 3 heteroatoms. The van der Waals surface area contributed by atoms with Crippen LogP contribution in [-0.2, 0) is 6.42 Å². The molecule has 0 spiro atoms. The minimum absolute atomic E-state index is 0.0504. The monoisotopic (exact) mass is 308 g/mol. The topological polar surface area (TPSA) is 0 Å². The second kappa shape index (κ2) is 8.02. The normalized spacial score (nSPS) is 10.4. The zero-order valence-electron chi connectivity index (χ0n) is 13.8. The SMILES string of the molecule is CC.Cc1c(F)cc(-c2ccc(CC(C)C)cc2F)cc1F. The van der Waals surface area contributed by atoms with Gasteiger partial charge in [-0.05, 0) is 48.6 Å². The van der Waals surface area contributed by atoms with Crippen LogP contribution in [0.5, 0.6) is 0 Å². The molecule has 0 bridgehead atoms. The molecule has 22 heavy (non-hydrogen) atoms. The minimum Gasteiger partial charge on any atom is -0.207 e. The van der Waals surface area contributed by atoms with Crippen molar-refractivity contribution >= 4 is 0 Å². The minimum atomic E-state index is -0.661. The lowest BCUT2D eigenvalue weighted by Crippen LogP contribution is -1.97. The zero-order valence-corrected chi connectivity index (χ0v) is 13.8. The summed E-state index contributed by atoms with van der Waals surface area (Å²) in [6.07, 6.45) is 0.772. The number of halogens is 3. The van der Waals surface area contributed by atoms with Gasteiger partial charge in [0.05, 0.1) is 0 Å². The van der Waals surface area contributed by atoms with E-state index in [0.29, 0.717) is 5.92 Å². The van der Waals surface area contributed by atoms with E-state index in [0.717, 1.165) is 12.0 Å². The molecule has 0 N–H and O–H groups in total. The Morgan fingerprint density at radius 1 is 0.864 bits per heavy atom. The Hall–Kier alpha value is -1.77. The van der Waals surface area contributed by atoms with Crippen molar-refractivity contribution in [3.8, 4) is 11.1 Å². The molecule has 0 aliphatic carbocycles. The summed E-state index contributed by atoms with van der Waals surface area (Å²) in [4.78, 5) is 0. The molecule has 2 rings (SSSR count). The number of rotatable bonds is 3. The molecule has 0 heterocycles. The highest BCUT2D eigenvalue weighted by atomic mass is 19.1. The molecule has 0 unspecified atom stereocenters. The van der Waals surface area contributed by atoms with Gasteiger partial charge in [-0.15, -0.1) is 0 Å². The quantitative estimate of drug-likeness (QED) is 0.624. The van der Waals surface area contributed by atoms with Crippen molar-refractivity contribution in [3.05, 3.63) is 58.9 Å². The van der Waals surface area contributed by atoms with Gasteiger partial charge in [-0.2, -0.15) is 0 Å². The first-order chi connectivity index (χ1) is 10.4. The molecule has 0 saturated heterocycles. The molecule has 0 fully saturated rings. The molecule has 0 saturated carbocycles. The zero-order chi connectivity index (χ0) is 16.9. The van der Waals surface area contributed by atoms with Gasteiger partial charge < -0.3 is 0 Å². The highest BCUT2D eigenvalue weighted by molar-refractivity contribution is 5.65. The summed E-state index contributed by atoms with van der Waals surface area (Å²) in [5.41, 5.74) is 1.27. The largest absolute Gasteiger partial charge is 0.207 e. The Morgan fingerprint density at radius 3 is 1.86 bits per heavy atom. The third-order valence-corrected chi connectivity index (χ3v) is 3.27. The van der Waals surface area contributed by atoms with Crippen LogP contribution in [0.2, 0.25) is 0 Å². The van der Waals surface area contributed by atoms with E-state index in [1.807, 2.05) is 13.8 Å². The fourth-order valence-electron chi connectivity index (χ4n) is 2.19. The lowest BCUT2D eigenvalue weighted by molar-refractivity contribution is 0.568. The average Bonchev–Trinajstić information content (AvgIpc) is 2.46. The maximum Gasteiger partial charge on any atom is 0.131 e. The Morgan fingerprint density at radius 2 is 1.41 bits per heavy atom. The molecule has 2 aromatic carbocycles. The van der Waals surface area contributed by atoms with Crippen molar-refractivity contribution in [2.24, 2.45) is 5.92 Å². The van der Waals surface area contributed by atoms with Crippen LogP contribution in [0.15, 0.2) is 30.3 Å². The molecule has 2 aromatic rings. The van der Waals surface area contributed by atoms with Gasteiger partial charge >= 0.3 is 0 Å². The highest BCUT2D eigenvalue weighted by Crippen LogP contribution is 2.27. The lowest BCUT2D eigenvalue weighted by Gasteiger charge is -2.09. The van der Waals surface area contributed by atoms with E-state index >= 15 is 0 Å². The van der Waals surface area contributed by atoms with Crippen LogP contribution in [0.3, 0.4) is 0 Å². The molecular weight excluding hydrogens is 285 g/mol. The number of hydrogen-bond donors (Lipinski definition) is 0. The fourth-order valence-corrected chi connectivity index (χ4v) is 2.19. The Kier molecular flexibility index (Phi) is 6.66. The summed E-state index contributed by atoms with van der Waals surface area (Å²) in [5, 5.41) is 0. The van der Waals surface area contributed by atoms with E-state index in [1.54, 1.807) is 12.1 Å². The fraction of sp³-hybridized carbons (Fsp3) is 0.368. The first-order valence-electron chi connectivity index (χ1n) is 7.63. The maximum absolute atomic E-state index is 14.1. The highest BCUT2D eigenvalue weighted by Gasteiger charge is 2.12. The molecule has 0 nitrogen and oxygen atoms in total. The smallest absolute Gasteiger partial charge is 0.131 e. The van der Waals surface area contributed by atoms with Gasteiger partial charge in [-0.25, -0.2) is 13.2 Å². The van der Waals surface area contributed by atoms with Crippen LogP contribution in [0.4, 0.5) is 13.2 Å². The van der Waals surface area contributed by atoms with Gasteiger partial charge in [0.1, 0.15) is 17.5 Å². The summed E-state index contributed by atoms with van der Waals surface area (Å²) in [6, 6.07) is 7.15. The van der Waals surface area contributed by atoms with Crippen LogP contribution >= 0.6 is 0 Å². The molecule has 0 atom stereocenters. The Labute approximate surface area is 131 Å². The van der Waals surface area contributed by atoms with Crippen molar-refractivity contribution in [1.29, 1.82) is 0 Å². The van der Waals surface area contributed by atoms with Crippen molar-refractivity contribution < 1.29 is 13.2 Å². The van der Waals surface area contributed by atoms with Gasteiger partial charge in [0.15, 0.2) is 0 Å². The van der Waals surface area contributed by atoms with E-state index in [9.17, 15) is 13.2 Å². The first kappa shape index (κ1) is 18.3. The second-order valence-corrected chi connectivity index (χ2v) is 5.48. The van der Waals surface area contributed by atoms with Crippen LogP contribution in [0.25, 0.3) is 11.1 Å². The Bertz CT molecular complexity index is 608. The van der Waals surface area contributed by atoms with Crippen molar-refractivity contribution in [2.75, 3.05) is 0 Å². The molecule has 0 aromatic heterocycles. The van der Waals surface area contributed by atoms with E-state index in [-0.39, 0.29) is 16.7 Å². The maximum atomic E-state index is 14.1. The van der Waals surface area contributed by atoms with Crippen molar-refractivity contribution in [3.63, 3.8) is 0 Å². The summed E-state index contributed by atoms with van der Waals surface area (Å²) < 4.78 is 41.2. The summed E-state index contributed by atoms with van der Waals surface area (Å²) in [6.45, 7) is 9.46. The van der Waals surface area contributed by atoms with E-state index < -0.39 is 17.5 Å².